The molecule has 1 rings (SSSR count). The van der Waals surface area contributed by atoms with Crippen LogP contribution in [0.15, 0.2) is 36.9 Å². The van der Waals surface area contributed by atoms with E-state index in [1.807, 2.05) is 18.2 Å². The Morgan fingerprint density at radius 3 is 2.92 bits per heavy atom. The molecule has 1 nitrogen and oxygen atoms in total. The second kappa shape index (κ2) is 3.96. The average molecular weight is 162 g/mol. The number of aromatic hydroxyl groups is 1. The van der Waals surface area contributed by atoms with Gasteiger partial charge in [0.05, 0.1) is 0 Å². The van der Waals surface area contributed by atoms with Crippen molar-refractivity contribution in [2.24, 2.45) is 5.92 Å². The van der Waals surface area contributed by atoms with Crippen LogP contribution in [0.25, 0.3) is 0 Å². The molecule has 0 heterocycles. The Kier molecular flexibility index (Phi) is 2.92. The van der Waals surface area contributed by atoms with Crippen molar-refractivity contribution in [3.05, 3.63) is 42.5 Å². The summed E-state index contributed by atoms with van der Waals surface area (Å²) in [6, 6.07) is 7.35. The molecule has 0 saturated carbocycles. The van der Waals surface area contributed by atoms with Gasteiger partial charge in [-0.05, 0) is 30.0 Å². The molecule has 1 heteroatoms. The maximum Gasteiger partial charge on any atom is 0.115 e. The van der Waals surface area contributed by atoms with E-state index in [1.165, 1.54) is 0 Å². The fourth-order valence-electron chi connectivity index (χ4n) is 1.14. The van der Waals surface area contributed by atoms with E-state index in [-0.39, 0.29) is 0 Å². The van der Waals surface area contributed by atoms with Gasteiger partial charge in [-0.25, -0.2) is 0 Å². The first kappa shape index (κ1) is 8.85. The molecule has 0 fully saturated rings. The summed E-state index contributed by atoms with van der Waals surface area (Å²) in [5.41, 5.74) is 1.16. The van der Waals surface area contributed by atoms with E-state index in [1.54, 1.807) is 12.1 Å². The summed E-state index contributed by atoms with van der Waals surface area (Å²) in [4.78, 5) is 0. The van der Waals surface area contributed by atoms with Crippen LogP contribution in [0.5, 0.6) is 5.75 Å². The van der Waals surface area contributed by atoms with Crippen LogP contribution in [0.3, 0.4) is 0 Å². The summed E-state index contributed by atoms with van der Waals surface area (Å²) < 4.78 is 0. The molecule has 0 aliphatic heterocycles. The summed E-state index contributed by atoms with van der Waals surface area (Å²) in [5.74, 6) is 0.801. The largest absolute Gasteiger partial charge is 0.508 e. The van der Waals surface area contributed by atoms with Crippen LogP contribution in [-0.2, 0) is 6.42 Å². The monoisotopic (exact) mass is 162 g/mol. The number of hydrogen-bond donors (Lipinski definition) is 1. The molecule has 12 heavy (non-hydrogen) atoms. The minimum atomic E-state index is 0.337. The molecule has 0 amide bonds. The van der Waals surface area contributed by atoms with Crippen LogP contribution in [0.1, 0.15) is 12.5 Å². The molecule has 1 aromatic rings. The third-order valence-corrected chi connectivity index (χ3v) is 1.87. The van der Waals surface area contributed by atoms with Crippen molar-refractivity contribution >= 4 is 0 Å². The highest BCUT2D eigenvalue weighted by molar-refractivity contribution is 5.27. The van der Waals surface area contributed by atoms with Gasteiger partial charge in [0.2, 0.25) is 0 Å². The number of allylic oxidation sites excluding steroid dienone is 1. The summed E-state index contributed by atoms with van der Waals surface area (Å²) in [6.45, 7) is 5.82. The van der Waals surface area contributed by atoms with Crippen molar-refractivity contribution < 1.29 is 5.11 Å². The van der Waals surface area contributed by atoms with E-state index < -0.39 is 0 Å². The highest BCUT2D eigenvalue weighted by Crippen LogP contribution is 2.14. The summed E-state index contributed by atoms with van der Waals surface area (Å²) >= 11 is 0. The first-order valence-corrected chi connectivity index (χ1v) is 4.13. The predicted octanol–water partition coefficient (Wildman–Crippen LogP) is 2.76. The molecular formula is C11H14O. The summed E-state index contributed by atoms with van der Waals surface area (Å²) in [6.07, 6.45) is 2.86. The van der Waals surface area contributed by atoms with E-state index in [0.29, 0.717) is 11.7 Å². The normalized spacial score (nSPS) is 12.4. The van der Waals surface area contributed by atoms with Crippen molar-refractivity contribution in [1.29, 1.82) is 0 Å². The highest BCUT2D eigenvalue weighted by Gasteiger charge is 1.98. The van der Waals surface area contributed by atoms with Gasteiger partial charge in [0.15, 0.2) is 0 Å². The first-order valence-electron chi connectivity index (χ1n) is 4.13. The molecule has 0 spiro atoms. The van der Waals surface area contributed by atoms with Gasteiger partial charge in [0.1, 0.15) is 5.75 Å². The van der Waals surface area contributed by atoms with Crippen molar-refractivity contribution in [2.75, 3.05) is 0 Å². The minimum Gasteiger partial charge on any atom is -0.508 e. The average Bonchev–Trinajstić information content (AvgIpc) is 2.04. The highest BCUT2D eigenvalue weighted by atomic mass is 16.3. The van der Waals surface area contributed by atoms with Crippen molar-refractivity contribution in [1.82, 2.24) is 0 Å². The van der Waals surface area contributed by atoms with Crippen LogP contribution in [0.2, 0.25) is 0 Å². The van der Waals surface area contributed by atoms with Gasteiger partial charge in [-0.2, -0.15) is 0 Å². The third-order valence-electron chi connectivity index (χ3n) is 1.87. The number of phenolic OH excluding ortho intramolecular Hbond substituents is 1. The molecule has 1 atom stereocenters. The fraction of sp³-hybridized carbons (Fsp3) is 0.273. The quantitative estimate of drug-likeness (QED) is 0.677. The van der Waals surface area contributed by atoms with Gasteiger partial charge >= 0.3 is 0 Å². The second-order valence-corrected chi connectivity index (χ2v) is 3.09. The molecule has 1 unspecified atom stereocenters. The topological polar surface area (TPSA) is 20.2 Å². The predicted molar refractivity (Wildman–Crippen MR) is 51.2 cm³/mol. The Morgan fingerprint density at radius 2 is 2.33 bits per heavy atom. The Morgan fingerprint density at radius 1 is 1.58 bits per heavy atom. The maximum absolute atomic E-state index is 9.17. The van der Waals surface area contributed by atoms with E-state index in [4.69, 9.17) is 0 Å². The molecular weight excluding hydrogens is 148 g/mol. The van der Waals surface area contributed by atoms with E-state index >= 15 is 0 Å². The molecule has 0 aromatic heterocycles. The molecule has 0 saturated heterocycles. The fourth-order valence-corrected chi connectivity index (χ4v) is 1.14. The molecule has 0 aliphatic rings. The Hall–Kier alpha value is -1.24. The second-order valence-electron chi connectivity index (χ2n) is 3.09. The van der Waals surface area contributed by atoms with Gasteiger partial charge in [-0.3, -0.25) is 0 Å². The van der Waals surface area contributed by atoms with E-state index in [9.17, 15) is 5.11 Å². The number of rotatable bonds is 3. The van der Waals surface area contributed by atoms with Crippen LogP contribution < -0.4 is 0 Å². The lowest BCUT2D eigenvalue weighted by atomic mass is 10.0. The molecule has 64 valence electrons. The Balaban J connectivity index is 2.69. The van der Waals surface area contributed by atoms with Gasteiger partial charge in [0.25, 0.3) is 0 Å². The minimum absolute atomic E-state index is 0.337. The number of benzene rings is 1. The van der Waals surface area contributed by atoms with Crippen molar-refractivity contribution in [2.45, 2.75) is 13.3 Å². The SMILES string of the molecule is C=CC(C)Cc1cccc(O)c1. The first-order chi connectivity index (χ1) is 5.72. The van der Waals surface area contributed by atoms with Crippen LogP contribution in [0.4, 0.5) is 0 Å². The van der Waals surface area contributed by atoms with E-state index in [2.05, 4.69) is 13.5 Å². The third kappa shape index (κ3) is 2.42. The van der Waals surface area contributed by atoms with Crippen molar-refractivity contribution in [3.8, 4) is 5.75 Å². The maximum atomic E-state index is 9.17. The zero-order valence-corrected chi connectivity index (χ0v) is 7.33. The van der Waals surface area contributed by atoms with Gasteiger partial charge in [0, 0.05) is 0 Å². The smallest absolute Gasteiger partial charge is 0.115 e. The zero-order chi connectivity index (χ0) is 8.97. The zero-order valence-electron chi connectivity index (χ0n) is 7.33. The van der Waals surface area contributed by atoms with Crippen LogP contribution >= 0.6 is 0 Å². The van der Waals surface area contributed by atoms with E-state index in [0.717, 1.165) is 12.0 Å². The standard InChI is InChI=1S/C11H14O/c1-3-9(2)7-10-5-4-6-11(12)8-10/h3-6,8-9,12H,1,7H2,2H3. The van der Waals surface area contributed by atoms with Gasteiger partial charge in [-0.1, -0.05) is 25.1 Å². The van der Waals surface area contributed by atoms with Crippen LogP contribution in [0, 0.1) is 5.92 Å². The molecule has 0 bridgehead atoms. The lowest BCUT2D eigenvalue weighted by Crippen LogP contribution is -1.94. The van der Waals surface area contributed by atoms with Gasteiger partial charge < -0.3 is 5.11 Å². The summed E-state index contributed by atoms with van der Waals surface area (Å²) in [5, 5.41) is 9.17. The number of phenols is 1. The van der Waals surface area contributed by atoms with Crippen molar-refractivity contribution in [3.63, 3.8) is 0 Å². The van der Waals surface area contributed by atoms with Gasteiger partial charge in [-0.15, -0.1) is 6.58 Å². The molecule has 0 aliphatic carbocycles. The van der Waals surface area contributed by atoms with Crippen LogP contribution in [-0.4, -0.2) is 5.11 Å². The Bertz CT molecular complexity index is 265. The Labute approximate surface area is 73.4 Å². The lowest BCUT2D eigenvalue weighted by Gasteiger charge is -2.05. The summed E-state index contributed by atoms with van der Waals surface area (Å²) in [7, 11) is 0. The number of hydrogen-bond acceptors (Lipinski definition) is 1. The molecule has 1 aromatic carbocycles. The molecule has 1 N–H and O–H groups in total. The molecule has 0 radical (unpaired) electrons. The lowest BCUT2D eigenvalue weighted by molar-refractivity contribution is 0.474.